The van der Waals surface area contributed by atoms with Crippen LogP contribution in [0.3, 0.4) is 0 Å². The molecule has 0 bridgehead atoms. The summed E-state index contributed by atoms with van der Waals surface area (Å²) in [6.07, 6.45) is 0. The molecular formula is C12H17N3O4. The number of hydrogen-bond donors (Lipinski definition) is 3. The highest BCUT2D eigenvalue weighted by atomic mass is 16.5. The van der Waals surface area contributed by atoms with E-state index < -0.39 is 18.0 Å². The minimum Gasteiger partial charge on any atom is -0.497 e. The number of imide groups is 1. The van der Waals surface area contributed by atoms with Crippen LogP contribution in [-0.2, 0) is 4.79 Å². The highest BCUT2D eigenvalue weighted by Crippen LogP contribution is 2.29. The van der Waals surface area contributed by atoms with E-state index in [1.807, 2.05) is 5.32 Å². The lowest BCUT2D eigenvalue weighted by molar-refractivity contribution is -0.120. The van der Waals surface area contributed by atoms with Crippen molar-refractivity contribution in [2.24, 2.45) is 5.73 Å². The van der Waals surface area contributed by atoms with Crippen LogP contribution in [0.5, 0.6) is 11.5 Å². The van der Waals surface area contributed by atoms with Crippen molar-refractivity contribution in [1.29, 1.82) is 0 Å². The van der Waals surface area contributed by atoms with Crippen molar-refractivity contribution in [3.05, 3.63) is 18.2 Å². The van der Waals surface area contributed by atoms with Crippen molar-refractivity contribution >= 4 is 17.6 Å². The summed E-state index contributed by atoms with van der Waals surface area (Å²) < 4.78 is 10.3. The van der Waals surface area contributed by atoms with Gasteiger partial charge in [-0.25, -0.2) is 4.79 Å². The zero-order valence-electron chi connectivity index (χ0n) is 11.0. The van der Waals surface area contributed by atoms with Gasteiger partial charge in [-0.2, -0.15) is 0 Å². The Hall–Kier alpha value is -2.44. The predicted octanol–water partition coefficient (Wildman–Crippen LogP) is 0.699. The zero-order chi connectivity index (χ0) is 14.4. The normalized spacial score (nSPS) is 11.3. The largest absolute Gasteiger partial charge is 0.497 e. The molecule has 1 atom stereocenters. The van der Waals surface area contributed by atoms with Crippen LogP contribution in [0.4, 0.5) is 10.5 Å². The van der Waals surface area contributed by atoms with E-state index in [0.29, 0.717) is 17.2 Å². The third-order valence-corrected chi connectivity index (χ3v) is 2.42. The van der Waals surface area contributed by atoms with Gasteiger partial charge in [-0.15, -0.1) is 0 Å². The van der Waals surface area contributed by atoms with E-state index in [4.69, 9.17) is 15.2 Å². The number of nitrogens with two attached hydrogens (primary N) is 1. The van der Waals surface area contributed by atoms with E-state index in [9.17, 15) is 9.59 Å². The fourth-order valence-corrected chi connectivity index (χ4v) is 1.45. The molecule has 0 radical (unpaired) electrons. The Kier molecular flexibility index (Phi) is 4.99. The molecule has 0 unspecified atom stereocenters. The molecule has 0 aliphatic rings. The summed E-state index contributed by atoms with van der Waals surface area (Å²) >= 11 is 0. The standard InChI is InChI=1S/C12H17N3O4/c1-7(11(16)15-12(13)17)14-9-5-4-8(18-2)6-10(9)19-3/h4-7,14H,1-3H3,(H3,13,15,16,17)/t7-/m1/s1. The zero-order valence-corrected chi connectivity index (χ0v) is 11.0. The fourth-order valence-electron chi connectivity index (χ4n) is 1.45. The number of ether oxygens (including phenoxy) is 2. The molecule has 3 amide bonds. The molecule has 0 saturated heterocycles. The maximum atomic E-state index is 11.5. The van der Waals surface area contributed by atoms with Crippen molar-refractivity contribution in [3.8, 4) is 11.5 Å². The molecule has 7 heteroatoms. The highest BCUT2D eigenvalue weighted by molar-refractivity contribution is 5.97. The first kappa shape index (κ1) is 14.6. The first-order valence-electron chi connectivity index (χ1n) is 5.56. The van der Waals surface area contributed by atoms with Gasteiger partial charge in [0.15, 0.2) is 0 Å². The van der Waals surface area contributed by atoms with E-state index >= 15 is 0 Å². The molecule has 0 heterocycles. The van der Waals surface area contributed by atoms with Crippen LogP contribution >= 0.6 is 0 Å². The summed E-state index contributed by atoms with van der Waals surface area (Å²) in [6.45, 7) is 1.60. The number of rotatable bonds is 5. The monoisotopic (exact) mass is 267 g/mol. The van der Waals surface area contributed by atoms with Crippen LogP contribution in [0.15, 0.2) is 18.2 Å². The summed E-state index contributed by atoms with van der Waals surface area (Å²) in [5.74, 6) is 0.639. The molecule has 7 nitrogen and oxygen atoms in total. The van der Waals surface area contributed by atoms with Gasteiger partial charge in [-0.3, -0.25) is 10.1 Å². The molecule has 1 aromatic rings. The number of urea groups is 1. The van der Waals surface area contributed by atoms with Crippen LogP contribution in [-0.4, -0.2) is 32.2 Å². The Balaban J connectivity index is 2.81. The average molecular weight is 267 g/mol. The van der Waals surface area contributed by atoms with Crippen molar-refractivity contribution in [1.82, 2.24) is 5.32 Å². The quantitative estimate of drug-likeness (QED) is 0.728. The Morgan fingerprint density at radius 1 is 1.26 bits per heavy atom. The molecule has 0 saturated carbocycles. The van der Waals surface area contributed by atoms with Gasteiger partial charge in [0.05, 0.1) is 19.9 Å². The van der Waals surface area contributed by atoms with Crippen molar-refractivity contribution in [2.45, 2.75) is 13.0 Å². The molecule has 104 valence electrons. The number of carbonyl (C=O) groups is 2. The minimum atomic E-state index is -0.889. The molecule has 0 aromatic heterocycles. The van der Waals surface area contributed by atoms with E-state index in [1.54, 1.807) is 32.2 Å². The lowest BCUT2D eigenvalue weighted by Crippen LogP contribution is -2.43. The topological polar surface area (TPSA) is 103 Å². The Morgan fingerprint density at radius 2 is 1.95 bits per heavy atom. The number of benzene rings is 1. The number of anilines is 1. The maximum Gasteiger partial charge on any atom is 0.318 e. The third-order valence-electron chi connectivity index (χ3n) is 2.42. The van der Waals surface area contributed by atoms with Crippen LogP contribution in [0.25, 0.3) is 0 Å². The number of nitrogens with one attached hydrogen (secondary N) is 2. The number of primary amides is 1. The highest BCUT2D eigenvalue weighted by Gasteiger charge is 2.16. The lowest BCUT2D eigenvalue weighted by atomic mass is 10.2. The summed E-state index contributed by atoms with van der Waals surface area (Å²) in [7, 11) is 3.05. The SMILES string of the molecule is COc1ccc(N[C@H](C)C(=O)NC(N)=O)c(OC)c1. The van der Waals surface area contributed by atoms with Crippen molar-refractivity contribution in [3.63, 3.8) is 0 Å². The van der Waals surface area contributed by atoms with Gasteiger partial charge in [0, 0.05) is 6.07 Å². The van der Waals surface area contributed by atoms with E-state index in [1.165, 1.54) is 7.11 Å². The first-order valence-corrected chi connectivity index (χ1v) is 5.56. The smallest absolute Gasteiger partial charge is 0.318 e. The number of carbonyl (C=O) groups excluding carboxylic acids is 2. The molecule has 0 aliphatic carbocycles. The van der Waals surface area contributed by atoms with Crippen LogP contribution in [0, 0.1) is 0 Å². The van der Waals surface area contributed by atoms with Gasteiger partial charge in [0.25, 0.3) is 0 Å². The molecule has 4 N–H and O–H groups in total. The summed E-state index contributed by atoms with van der Waals surface area (Å²) in [6, 6.07) is 3.59. The Morgan fingerprint density at radius 3 is 2.47 bits per heavy atom. The molecule has 0 spiro atoms. The molecule has 1 rings (SSSR count). The van der Waals surface area contributed by atoms with E-state index in [-0.39, 0.29) is 0 Å². The van der Waals surface area contributed by atoms with Crippen molar-refractivity contribution in [2.75, 3.05) is 19.5 Å². The van der Waals surface area contributed by atoms with Gasteiger partial charge < -0.3 is 20.5 Å². The van der Waals surface area contributed by atoms with Crippen LogP contribution in [0.1, 0.15) is 6.92 Å². The summed E-state index contributed by atoms with van der Waals surface area (Å²) in [5.41, 5.74) is 5.49. The summed E-state index contributed by atoms with van der Waals surface area (Å²) in [5, 5.41) is 4.91. The Bertz CT molecular complexity index is 476. The first-order chi connectivity index (χ1) is 8.97. The second-order valence-corrected chi connectivity index (χ2v) is 3.79. The van der Waals surface area contributed by atoms with Crippen molar-refractivity contribution < 1.29 is 19.1 Å². The number of methoxy groups -OCH3 is 2. The van der Waals surface area contributed by atoms with Gasteiger partial charge in [0.2, 0.25) is 5.91 Å². The second-order valence-electron chi connectivity index (χ2n) is 3.79. The van der Waals surface area contributed by atoms with Gasteiger partial charge in [0.1, 0.15) is 17.5 Å². The van der Waals surface area contributed by atoms with Crippen LogP contribution < -0.4 is 25.8 Å². The maximum absolute atomic E-state index is 11.5. The van der Waals surface area contributed by atoms with Gasteiger partial charge in [-0.1, -0.05) is 0 Å². The van der Waals surface area contributed by atoms with Gasteiger partial charge >= 0.3 is 6.03 Å². The van der Waals surface area contributed by atoms with Gasteiger partial charge in [-0.05, 0) is 19.1 Å². The summed E-state index contributed by atoms with van der Waals surface area (Å²) in [4.78, 5) is 22.1. The molecular weight excluding hydrogens is 250 g/mol. The van der Waals surface area contributed by atoms with Crippen LogP contribution in [0.2, 0.25) is 0 Å². The molecule has 19 heavy (non-hydrogen) atoms. The number of amides is 3. The number of hydrogen-bond acceptors (Lipinski definition) is 5. The fraction of sp³-hybridized carbons (Fsp3) is 0.333. The van der Waals surface area contributed by atoms with E-state index in [2.05, 4.69) is 5.32 Å². The molecule has 0 fully saturated rings. The average Bonchev–Trinajstić information content (AvgIpc) is 2.38. The minimum absolute atomic E-state index is 0.523. The lowest BCUT2D eigenvalue weighted by Gasteiger charge is -2.17. The Labute approximate surface area is 111 Å². The third kappa shape index (κ3) is 4.06. The van der Waals surface area contributed by atoms with E-state index in [0.717, 1.165) is 0 Å². The predicted molar refractivity (Wildman–Crippen MR) is 70.4 cm³/mol. The molecule has 0 aliphatic heterocycles. The second kappa shape index (κ2) is 6.48. The molecule has 1 aromatic carbocycles.